The molecule has 1 aromatic carbocycles. The Labute approximate surface area is 170 Å². The first kappa shape index (κ1) is 23.9. The van der Waals surface area contributed by atoms with Gasteiger partial charge in [0.25, 0.3) is 0 Å². The third-order valence-corrected chi connectivity index (χ3v) is 3.69. The third-order valence-electron chi connectivity index (χ3n) is 3.69. The second kappa shape index (κ2) is 11.0. The van der Waals surface area contributed by atoms with Crippen LogP contribution in [0.25, 0.3) is 0 Å². The minimum absolute atomic E-state index is 0.0185. The summed E-state index contributed by atoms with van der Waals surface area (Å²) in [6, 6.07) is 7.96. The van der Waals surface area contributed by atoms with Crippen LogP contribution in [0.3, 0.4) is 0 Å². The lowest BCUT2D eigenvalue weighted by molar-refractivity contribution is -0.139. The number of rotatable bonds is 8. The van der Waals surface area contributed by atoms with Crippen LogP contribution in [0.1, 0.15) is 46.1 Å². The topological polar surface area (TPSA) is 129 Å². The highest BCUT2D eigenvalue weighted by atomic mass is 16.6. The quantitative estimate of drug-likeness (QED) is 0.447. The summed E-state index contributed by atoms with van der Waals surface area (Å²) >= 11 is 0. The van der Waals surface area contributed by atoms with E-state index in [4.69, 9.17) is 14.9 Å². The number of nitrogens with zero attached hydrogens (tertiary/aromatic N) is 1. The van der Waals surface area contributed by atoms with Crippen molar-refractivity contribution in [1.82, 2.24) is 10.2 Å². The van der Waals surface area contributed by atoms with Gasteiger partial charge in [0.05, 0.1) is 0 Å². The first-order valence-electron chi connectivity index (χ1n) is 9.25. The minimum Gasteiger partial charge on any atom is -0.480 e. The number of carbonyl (C=O) groups is 3. The monoisotopic (exact) mass is 407 g/mol. The van der Waals surface area contributed by atoms with Crippen LogP contribution >= 0.6 is 0 Å². The molecule has 0 unspecified atom stereocenters. The van der Waals surface area contributed by atoms with Crippen molar-refractivity contribution in [3.05, 3.63) is 35.9 Å². The number of carboxylic acids is 1. The summed E-state index contributed by atoms with van der Waals surface area (Å²) in [6.45, 7) is 6.62. The molecule has 1 aromatic rings. The maximum Gasteiger partial charge on any atom is 0.415 e. The van der Waals surface area contributed by atoms with Gasteiger partial charge in [0.15, 0.2) is 0 Å². The molecule has 9 heteroatoms. The van der Waals surface area contributed by atoms with Crippen molar-refractivity contribution in [2.75, 3.05) is 6.54 Å². The summed E-state index contributed by atoms with van der Waals surface area (Å²) in [5, 5.41) is 19.4. The van der Waals surface area contributed by atoms with Crippen molar-refractivity contribution in [3.63, 3.8) is 0 Å². The molecule has 0 saturated heterocycles. The smallest absolute Gasteiger partial charge is 0.415 e. The van der Waals surface area contributed by atoms with Crippen LogP contribution in [0, 0.1) is 5.41 Å². The van der Waals surface area contributed by atoms with Crippen LogP contribution in [-0.2, 0) is 20.9 Å². The van der Waals surface area contributed by atoms with Gasteiger partial charge in [-0.3, -0.25) is 10.3 Å². The van der Waals surface area contributed by atoms with Crippen LogP contribution in [0.2, 0.25) is 0 Å². The average Bonchev–Trinajstić information content (AvgIpc) is 2.61. The molecular formula is C20H29N3O6. The molecule has 0 heterocycles. The molecule has 0 saturated carbocycles. The zero-order valence-electron chi connectivity index (χ0n) is 17.2. The van der Waals surface area contributed by atoms with Crippen LogP contribution in [0.4, 0.5) is 9.59 Å². The lowest BCUT2D eigenvalue weighted by atomic mass is 10.1. The number of alkyl carbamates (subject to hydrolysis) is 1. The van der Waals surface area contributed by atoms with Crippen molar-refractivity contribution in [2.45, 2.75) is 58.8 Å². The molecule has 0 aliphatic heterocycles. The summed E-state index contributed by atoms with van der Waals surface area (Å²) in [6.07, 6.45) is -1.21. The predicted octanol–water partition coefficient (Wildman–Crippen LogP) is 3.38. The van der Waals surface area contributed by atoms with E-state index in [1.165, 1.54) is 6.92 Å². The Kier molecular flexibility index (Phi) is 9.11. The van der Waals surface area contributed by atoms with E-state index in [2.05, 4.69) is 5.32 Å². The fraction of sp³-hybridized carbons (Fsp3) is 0.500. The Morgan fingerprint density at radius 2 is 1.83 bits per heavy atom. The molecule has 160 valence electrons. The van der Waals surface area contributed by atoms with Gasteiger partial charge in [-0.15, -0.1) is 0 Å². The molecule has 2 amide bonds. The van der Waals surface area contributed by atoms with E-state index in [0.717, 1.165) is 10.5 Å². The number of benzene rings is 1. The van der Waals surface area contributed by atoms with Crippen LogP contribution in [-0.4, -0.2) is 52.2 Å². The normalized spacial score (nSPS) is 11.9. The van der Waals surface area contributed by atoms with Gasteiger partial charge in [0.1, 0.15) is 24.1 Å². The van der Waals surface area contributed by atoms with Crippen molar-refractivity contribution >= 4 is 24.0 Å². The number of nitrogens with one attached hydrogen (secondary N) is 2. The first-order valence-corrected chi connectivity index (χ1v) is 9.25. The molecule has 0 spiro atoms. The van der Waals surface area contributed by atoms with E-state index in [1.54, 1.807) is 20.8 Å². The van der Waals surface area contributed by atoms with E-state index < -0.39 is 29.8 Å². The summed E-state index contributed by atoms with van der Waals surface area (Å²) in [7, 11) is 0. The predicted molar refractivity (Wildman–Crippen MR) is 107 cm³/mol. The van der Waals surface area contributed by atoms with Crippen LogP contribution in [0.15, 0.2) is 30.3 Å². The Morgan fingerprint density at radius 1 is 1.21 bits per heavy atom. The third kappa shape index (κ3) is 9.59. The molecule has 1 rings (SSSR count). The number of amides is 2. The fourth-order valence-corrected chi connectivity index (χ4v) is 2.35. The van der Waals surface area contributed by atoms with Crippen molar-refractivity contribution in [3.8, 4) is 0 Å². The van der Waals surface area contributed by atoms with Crippen LogP contribution in [0.5, 0.6) is 0 Å². The average molecular weight is 407 g/mol. The molecule has 29 heavy (non-hydrogen) atoms. The standard InChI is InChI=1S/C20H29N3O6/c1-14(21)23(19(27)28-13-15-9-6-5-7-10-15)12-8-11-16(17(24)25)22-18(26)29-20(2,3)4/h5-7,9-10,16,21H,8,11-13H2,1-4H3,(H,22,26)(H,24,25)/t16-/m0/s1. The number of ether oxygens (including phenoxy) is 2. The molecule has 0 aliphatic carbocycles. The van der Waals surface area contributed by atoms with Gasteiger partial charge < -0.3 is 19.9 Å². The molecule has 9 nitrogen and oxygen atoms in total. The van der Waals surface area contributed by atoms with E-state index in [9.17, 15) is 19.5 Å². The minimum atomic E-state index is -1.21. The number of carboxylic acid groups (broad SMARTS) is 1. The van der Waals surface area contributed by atoms with Gasteiger partial charge in [-0.25, -0.2) is 14.4 Å². The van der Waals surface area contributed by atoms with E-state index in [1.807, 2.05) is 30.3 Å². The maximum atomic E-state index is 12.3. The number of carbonyl (C=O) groups excluding carboxylic acids is 2. The van der Waals surface area contributed by atoms with E-state index >= 15 is 0 Å². The molecule has 3 N–H and O–H groups in total. The summed E-state index contributed by atoms with van der Waals surface area (Å²) < 4.78 is 10.3. The Morgan fingerprint density at radius 3 is 2.34 bits per heavy atom. The summed E-state index contributed by atoms with van der Waals surface area (Å²) in [4.78, 5) is 36.6. The van der Waals surface area contributed by atoms with Gasteiger partial charge in [0, 0.05) is 6.54 Å². The number of amidine groups is 1. The Balaban J connectivity index is 2.56. The van der Waals surface area contributed by atoms with Gasteiger partial charge in [-0.2, -0.15) is 0 Å². The first-order chi connectivity index (χ1) is 13.5. The SMILES string of the molecule is CC(=N)N(CCC[C@H](NC(=O)OC(C)(C)C)C(=O)O)C(=O)OCc1ccccc1. The summed E-state index contributed by atoms with van der Waals surface area (Å²) in [5.41, 5.74) is 0.0694. The fourth-order valence-electron chi connectivity index (χ4n) is 2.35. The zero-order chi connectivity index (χ0) is 22.0. The van der Waals surface area contributed by atoms with Crippen molar-refractivity contribution in [1.29, 1.82) is 5.41 Å². The Bertz CT molecular complexity index is 715. The molecule has 0 aromatic heterocycles. The van der Waals surface area contributed by atoms with E-state index in [-0.39, 0.29) is 31.8 Å². The number of aliphatic carboxylic acids is 1. The van der Waals surface area contributed by atoms with Gasteiger partial charge in [-0.05, 0) is 46.1 Å². The van der Waals surface area contributed by atoms with Crippen LogP contribution < -0.4 is 5.32 Å². The zero-order valence-corrected chi connectivity index (χ0v) is 17.2. The van der Waals surface area contributed by atoms with Gasteiger partial charge in [-0.1, -0.05) is 30.3 Å². The molecular weight excluding hydrogens is 378 g/mol. The molecule has 0 aliphatic rings. The molecule has 0 fully saturated rings. The highest BCUT2D eigenvalue weighted by Crippen LogP contribution is 2.09. The van der Waals surface area contributed by atoms with Gasteiger partial charge in [0.2, 0.25) is 0 Å². The van der Waals surface area contributed by atoms with E-state index in [0.29, 0.717) is 0 Å². The second-order valence-corrected chi connectivity index (χ2v) is 7.46. The number of hydrogen-bond donors (Lipinski definition) is 3. The Hall–Kier alpha value is -3.10. The lowest BCUT2D eigenvalue weighted by Crippen LogP contribution is -2.44. The van der Waals surface area contributed by atoms with Crippen molar-refractivity contribution in [2.24, 2.45) is 0 Å². The molecule has 1 atom stereocenters. The lowest BCUT2D eigenvalue weighted by Gasteiger charge is -2.23. The maximum absolute atomic E-state index is 12.3. The molecule has 0 radical (unpaired) electrons. The second-order valence-electron chi connectivity index (χ2n) is 7.46. The molecule has 0 bridgehead atoms. The highest BCUT2D eigenvalue weighted by Gasteiger charge is 2.25. The summed E-state index contributed by atoms with van der Waals surface area (Å²) in [5.74, 6) is -1.23. The number of hydrogen-bond acceptors (Lipinski definition) is 6. The van der Waals surface area contributed by atoms with Crippen molar-refractivity contribution < 1.29 is 29.0 Å². The highest BCUT2D eigenvalue weighted by molar-refractivity contribution is 5.92. The largest absolute Gasteiger partial charge is 0.480 e. The van der Waals surface area contributed by atoms with Gasteiger partial charge >= 0.3 is 18.2 Å².